The van der Waals surface area contributed by atoms with Gasteiger partial charge in [-0.2, -0.15) is 0 Å². The molecule has 0 aromatic rings. The van der Waals surface area contributed by atoms with Gasteiger partial charge in [0, 0.05) is 16.4 Å². The molecule has 1 aliphatic rings. The van der Waals surface area contributed by atoms with E-state index in [0.717, 1.165) is 0 Å². The Kier molecular flexibility index (Phi) is 0.126. The number of hydrogen-bond donors (Lipinski definition) is 0. The van der Waals surface area contributed by atoms with Crippen molar-refractivity contribution in [2.45, 2.75) is 32.3 Å². The maximum absolute atomic E-state index is 7.66. The predicted octanol–water partition coefficient (Wildman–Crippen LogP) is 2.20. The van der Waals surface area contributed by atoms with Crippen LogP contribution in [0.4, 0.5) is 0 Å². The second kappa shape index (κ2) is 1.63. The zero-order chi connectivity index (χ0) is 15.0. The summed E-state index contributed by atoms with van der Waals surface area (Å²) in [5.41, 5.74) is 0. The highest BCUT2D eigenvalue weighted by atomic mass is 14.1. The standard InChI is InChI=1S/C6H12/c1-6-4-2-3-5-6/h6H,2-5H2,1H3/i1D3,2D2,3D2,4D2,5D2,6D. The van der Waals surface area contributed by atoms with Crippen molar-refractivity contribution in [1.82, 2.24) is 0 Å². The SMILES string of the molecule is [2H]C([2H])([2H])C1([2H])C([2H])([2H])C([2H])([2H])C([2H])([2H])C1([2H])[2H]. The van der Waals surface area contributed by atoms with Gasteiger partial charge in [0.05, 0.1) is 0 Å². The third-order valence-electron chi connectivity index (χ3n) is 0.438. The number of rotatable bonds is 0. The highest BCUT2D eigenvalue weighted by Crippen LogP contribution is 2.22. The third-order valence-corrected chi connectivity index (χ3v) is 0.438. The Balaban J connectivity index is 3.75. The monoisotopic (exact) mass is 96.2 g/mol. The van der Waals surface area contributed by atoms with Gasteiger partial charge in [-0.1, -0.05) is 32.3 Å². The lowest BCUT2D eigenvalue weighted by molar-refractivity contribution is 0.612. The van der Waals surface area contributed by atoms with Gasteiger partial charge in [-0.05, 0) is 5.89 Å². The maximum atomic E-state index is 7.66. The Labute approximate surface area is 56.4 Å². The molecule has 6 heavy (non-hydrogen) atoms. The van der Waals surface area contributed by atoms with E-state index < -0.39 is 38.2 Å². The molecule has 36 valence electrons. The Morgan fingerprint density at radius 2 is 2.50 bits per heavy atom. The Morgan fingerprint density at radius 3 is 2.83 bits per heavy atom. The molecule has 0 nitrogen and oxygen atoms in total. The molecule has 0 aromatic heterocycles. The third kappa shape index (κ3) is 0.735. The molecule has 0 radical (unpaired) electrons. The van der Waals surface area contributed by atoms with Gasteiger partial charge in [-0.15, -0.1) is 0 Å². The van der Waals surface area contributed by atoms with Crippen molar-refractivity contribution in [2.24, 2.45) is 5.89 Å². The van der Waals surface area contributed by atoms with Crippen LogP contribution in [-0.4, -0.2) is 0 Å². The van der Waals surface area contributed by atoms with E-state index in [0.29, 0.717) is 0 Å². The average Bonchev–Trinajstić information content (AvgIpc) is 2.16. The van der Waals surface area contributed by atoms with Gasteiger partial charge in [0.2, 0.25) is 0 Å². The topological polar surface area (TPSA) is 0 Å². The fraction of sp³-hybridized carbons (Fsp3) is 1.00. The average molecular weight is 96.2 g/mol. The lowest BCUT2D eigenvalue weighted by Crippen LogP contribution is -1.78. The van der Waals surface area contributed by atoms with E-state index in [-0.39, 0.29) is 0 Å². The molecule has 0 saturated heterocycles. The second-order valence-corrected chi connectivity index (χ2v) is 0.875. The van der Waals surface area contributed by atoms with Crippen molar-refractivity contribution in [1.29, 1.82) is 0 Å². The van der Waals surface area contributed by atoms with Crippen LogP contribution in [0, 0.1) is 5.89 Å². The molecule has 0 unspecified atom stereocenters. The maximum Gasteiger partial charge on any atom is 0.0300 e. The van der Waals surface area contributed by atoms with Crippen LogP contribution in [0.1, 0.15) is 48.8 Å². The molecule has 0 amide bonds. The number of hydrogen-bond acceptors (Lipinski definition) is 0. The molecule has 1 fully saturated rings. The van der Waals surface area contributed by atoms with Crippen LogP contribution in [0.5, 0.6) is 0 Å². The molecule has 0 N–H and O–H groups in total. The van der Waals surface area contributed by atoms with Gasteiger partial charge >= 0.3 is 0 Å². The smallest absolute Gasteiger partial charge is 0.0300 e. The summed E-state index contributed by atoms with van der Waals surface area (Å²) < 4.78 is 88.5. The van der Waals surface area contributed by atoms with Crippen molar-refractivity contribution >= 4 is 0 Å². The molecule has 1 aliphatic carbocycles. The first-order valence-corrected chi connectivity index (χ1v) is 1.50. The molecule has 0 bridgehead atoms. The minimum Gasteiger partial charge on any atom is -0.0625 e. The van der Waals surface area contributed by atoms with Gasteiger partial charge < -0.3 is 0 Å². The molecule has 0 atom stereocenters. The van der Waals surface area contributed by atoms with E-state index in [4.69, 9.17) is 16.4 Å². The lowest BCUT2D eigenvalue weighted by atomic mass is 10.2. The van der Waals surface area contributed by atoms with Crippen LogP contribution < -0.4 is 0 Å². The fourth-order valence-electron chi connectivity index (χ4n) is 0.219. The van der Waals surface area contributed by atoms with Crippen molar-refractivity contribution < 1.29 is 16.4 Å². The van der Waals surface area contributed by atoms with E-state index in [1.165, 1.54) is 0 Å². The first-order chi connectivity index (χ1) is 7.50. The highest BCUT2D eigenvalue weighted by Gasteiger charge is 2.07. The molecule has 0 heteroatoms. The lowest BCUT2D eigenvalue weighted by Gasteiger charge is -1.91. The molecular formula is C6H12. The summed E-state index contributed by atoms with van der Waals surface area (Å²) in [7, 11) is 0. The van der Waals surface area contributed by atoms with E-state index in [2.05, 4.69) is 0 Å². The summed E-state index contributed by atoms with van der Waals surface area (Å²) in [4.78, 5) is 0. The molecular weight excluding hydrogens is 72.1 g/mol. The Morgan fingerprint density at radius 1 is 1.83 bits per heavy atom. The second-order valence-electron chi connectivity index (χ2n) is 0.875. The van der Waals surface area contributed by atoms with Crippen LogP contribution in [0.3, 0.4) is 0 Å². The van der Waals surface area contributed by atoms with Crippen molar-refractivity contribution in [3.8, 4) is 0 Å². The minimum absolute atomic E-state index is 3.44. The highest BCUT2D eigenvalue weighted by molar-refractivity contribution is 4.60. The Hall–Kier alpha value is 0. The van der Waals surface area contributed by atoms with Gasteiger partial charge in [0.1, 0.15) is 0 Å². The fourth-order valence-corrected chi connectivity index (χ4v) is 0.219. The Bertz CT molecular complexity index is 335. The summed E-state index contributed by atoms with van der Waals surface area (Å²) >= 11 is 0. The molecule has 0 aliphatic heterocycles. The van der Waals surface area contributed by atoms with Crippen molar-refractivity contribution in [3.63, 3.8) is 0 Å². The van der Waals surface area contributed by atoms with E-state index in [9.17, 15) is 0 Å². The molecule has 0 aromatic carbocycles. The van der Waals surface area contributed by atoms with Crippen LogP contribution in [0.2, 0.25) is 0 Å². The molecule has 1 saturated carbocycles. The predicted molar refractivity (Wildman–Crippen MR) is 27.6 cm³/mol. The summed E-state index contributed by atoms with van der Waals surface area (Å²) in [6.07, 6.45) is -13.9. The quantitative estimate of drug-likeness (QED) is 0.433. The molecule has 1 rings (SSSR count). The van der Waals surface area contributed by atoms with Crippen LogP contribution in [0.15, 0.2) is 0 Å². The summed E-state index contributed by atoms with van der Waals surface area (Å²) in [6.45, 7) is -3.52. The van der Waals surface area contributed by atoms with Gasteiger partial charge in [-0.3, -0.25) is 0 Å². The zero-order valence-corrected chi connectivity index (χ0v) is 3.00. The van der Waals surface area contributed by atoms with Gasteiger partial charge in [0.25, 0.3) is 0 Å². The van der Waals surface area contributed by atoms with Gasteiger partial charge in [-0.25, -0.2) is 0 Å². The summed E-state index contributed by atoms with van der Waals surface area (Å²) in [5.74, 6) is -3.54. The molecule has 0 spiro atoms. The van der Waals surface area contributed by atoms with Crippen LogP contribution >= 0.6 is 0 Å². The first-order valence-electron chi connectivity index (χ1n) is 7.50. The van der Waals surface area contributed by atoms with Crippen molar-refractivity contribution in [3.05, 3.63) is 0 Å². The first kappa shape index (κ1) is 0.463. The normalized spacial score (nSPS) is 96.0. The molecule has 0 heterocycles. The van der Waals surface area contributed by atoms with E-state index in [1.807, 2.05) is 0 Å². The van der Waals surface area contributed by atoms with Crippen LogP contribution in [-0.2, 0) is 0 Å². The summed E-state index contributed by atoms with van der Waals surface area (Å²) in [5, 5.41) is 0. The summed E-state index contributed by atoms with van der Waals surface area (Å²) in [6, 6.07) is 0. The van der Waals surface area contributed by atoms with E-state index >= 15 is 0 Å². The van der Waals surface area contributed by atoms with Crippen LogP contribution in [0.25, 0.3) is 0 Å². The van der Waals surface area contributed by atoms with Gasteiger partial charge in [0.15, 0.2) is 0 Å². The van der Waals surface area contributed by atoms with E-state index in [1.54, 1.807) is 0 Å². The largest absolute Gasteiger partial charge is 0.0625 e. The minimum atomic E-state index is -3.54. The zero-order valence-electron chi connectivity index (χ0n) is 15.0. The van der Waals surface area contributed by atoms with Crippen molar-refractivity contribution in [2.75, 3.05) is 0 Å².